The molecule has 0 fully saturated rings. The van der Waals surface area contributed by atoms with Crippen LogP contribution in [0.1, 0.15) is 39.2 Å². The number of nitrogens with zero attached hydrogens (tertiary/aromatic N) is 1. The maximum absolute atomic E-state index is 12.7. The fourth-order valence-electron chi connectivity index (χ4n) is 1.03. The van der Waals surface area contributed by atoms with E-state index in [2.05, 4.69) is 4.98 Å². The molecular formula is C11H18FNO. The summed E-state index contributed by atoms with van der Waals surface area (Å²) in [5.74, 6) is 0.411. The highest BCUT2D eigenvalue weighted by Crippen LogP contribution is 2.23. The molecule has 80 valence electrons. The first kappa shape index (κ1) is 12.9. The molecule has 2 nitrogen and oxygen atoms in total. The zero-order chi connectivity index (χ0) is 11.1. The lowest BCUT2D eigenvalue weighted by molar-refractivity contribution is 0.388. The van der Waals surface area contributed by atoms with E-state index < -0.39 is 0 Å². The average molecular weight is 199 g/mol. The normalized spacial score (nSPS) is 9.36. The molecule has 0 N–H and O–H groups in total. The summed E-state index contributed by atoms with van der Waals surface area (Å²) < 4.78 is 17.7. The summed E-state index contributed by atoms with van der Waals surface area (Å²) in [5, 5.41) is 0. The van der Waals surface area contributed by atoms with Gasteiger partial charge < -0.3 is 4.74 Å². The minimum Gasteiger partial charge on any atom is -0.481 e. The van der Waals surface area contributed by atoms with E-state index in [1.165, 1.54) is 13.2 Å². The quantitative estimate of drug-likeness (QED) is 0.728. The third-order valence-corrected chi connectivity index (χ3v) is 1.66. The van der Waals surface area contributed by atoms with Gasteiger partial charge >= 0.3 is 0 Å². The number of halogens is 1. The Morgan fingerprint density at radius 3 is 2.36 bits per heavy atom. The van der Waals surface area contributed by atoms with E-state index in [-0.39, 0.29) is 11.7 Å². The average Bonchev–Trinajstić information content (AvgIpc) is 2.20. The van der Waals surface area contributed by atoms with E-state index in [0.29, 0.717) is 5.88 Å². The summed E-state index contributed by atoms with van der Waals surface area (Å²) in [6.07, 6.45) is 1.16. The van der Waals surface area contributed by atoms with E-state index in [1.807, 2.05) is 27.7 Å². The maximum Gasteiger partial charge on any atom is 0.216 e. The van der Waals surface area contributed by atoms with Gasteiger partial charge in [0.25, 0.3) is 0 Å². The molecule has 0 amide bonds. The topological polar surface area (TPSA) is 22.1 Å². The van der Waals surface area contributed by atoms with Gasteiger partial charge in [-0.3, -0.25) is 0 Å². The van der Waals surface area contributed by atoms with Crippen LogP contribution in [0.25, 0.3) is 0 Å². The molecule has 0 aliphatic heterocycles. The molecule has 0 aliphatic carbocycles. The molecule has 0 unspecified atom stereocenters. The Labute approximate surface area is 85.1 Å². The van der Waals surface area contributed by atoms with Crippen molar-refractivity contribution in [1.29, 1.82) is 0 Å². The van der Waals surface area contributed by atoms with Crippen molar-refractivity contribution in [2.24, 2.45) is 0 Å². The van der Waals surface area contributed by atoms with Crippen LogP contribution in [0.5, 0.6) is 5.88 Å². The van der Waals surface area contributed by atoms with Crippen LogP contribution in [0, 0.1) is 5.82 Å². The fourth-order valence-corrected chi connectivity index (χ4v) is 1.03. The monoisotopic (exact) mass is 199 g/mol. The molecule has 0 aliphatic rings. The van der Waals surface area contributed by atoms with Crippen molar-refractivity contribution >= 4 is 0 Å². The van der Waals surface area contributed by atoms with Gasteiger partial charge in [0.2, 0.25) is 5.88 Å². The third-order valence-electron chi connectivity index (χ3n) is 1.66. The summed E-state index contributed by atoms with van der Waals surface area (Å²) in [7, 11) is 1.53. The number of rotatable bonds is 2. The van der Waals surface area contributed by atoms with E-state index in [0.717, 1.165) is 11.8 Å². The number of hydrogen-bond acceptors (Lipinski definition) is 2. The summed E-state index contributed by atoms with van der Waals surface area (Å²) in [4.78, 5) is 3.82. The van der Waals surface area contributed by atoms with E-state index in [1.54, 1.807) is 0 Å². The van der Waals surface area contributed by atoms with E-state index in [4.69, 9.17) is 4.74 Å². The Morgan fingerprint density at radius 1 is 1.36 bits per heavy atom. The molecule has 1 heterocycles. The van der Waals surface area contributed by atoms with Crippen LogP contribution in [-0.2, 0) is 0 Å². The van der Waals surface area contributed by atoms with Crippen molar-refractivity contribution in [2.45, 2.75) is 33.6 Å². The van der Waals surface area contributed by atoms with Crippen LogP contribution in [0.3, 0.4) is 0 Å². The molecule has 1 rings (SSSR count). The number of methoxy groups -OCH3 is 1. The predicted molar refractivity (Wildman–Crippen MR) is 56.2 cm³/mol. The number of hydrogen-bond donors (Lipinski definition) is 0. The van der Waals surface area contributed by atoms with Gasteiger partial charge in [-0.1, -0.05) is 27.7 Å². The highest BCUT2D eigenvalue weighted by atomic mass is 19.1. The van der Waals surface area contributed by atoms with Gasteiger partial charge in [0.1, 0.15) is 5.82 Å². The van der Waals surface area contributed by atoms with Gasteiger partial charge in [-0.15, -0.1) is 0 Å². The molecule has 3 heteroatoms. The van der Waals surface area contributed by atoms with Gasteiger partial charge in [0.15, 0.2) is 0 Å². The van der Waals surface area contributed by atoms with Crippen molar-refractivity contribution < 1.29 is 9.13 Å². The van der Waals surface area contributed by atoms with Crippen molar-refractivity contribution in [2.75, 3.05) is 7.11 Å². The lowest BCUT2D eigenvalue weighted by Crippen LogP contribution is -1.97. The first-order valence-corrected chi connectivity index (χ1v) is 4.84. The van der Waals surface area contributed by atoms with Crippen LogP contribution in [0.15, 0.2) is 12.3 Å². The number of aromatic nitrogens is 1. The van der Waals surface area contributed by atoms with Crippen molar-refractivity contribution in [3.63, 3.8) is 0 Å². The zero-order valence-electron chi connectivity index (χ0n) is 9.47. The second-order valence-electron chi connectivity index (χ2n) is 2.91. The molecule has 0 spiro atoms. The van der Waals surface area contributed by atoms with Gasteiger partial charge in [-0.25, -0.2) is 9.37 Å². The highest BCUT2D eigenvalue weighted by molar-refractivity contribution is 5.28. The Bertz CT molecular complexity index is 274. The van der Waals surface area contributed by atoms with Crippen LogP contribution in [0.4, 0.5) is 4.39 Å². The second kappa shape index (κ2) is 6.35. The molecule has 0 saturated carbocycles. The van der Waals surface area contributed by atoms with E-state index in [9.17, 15) is 4.39 Å². The molecule has 1 aromatic heterocycles. The predicted octanol–water partition coefficient (Wildman–Crippen LogP) is 3.38. The summed E-state index contributed by atoms with van der Waals surface area (Å²) >= 11 is 0. The molecule has 14 heavy (non-hydrogen) atoms. The number of pyridine rings is 1. The maximum atomic E-state index is 12.7. The van der Waals surface area contributed by atoms with Crippen LogP contribution < -0.4 is 4.74 Å². The molecule has 0 saturated heterocycles. The Kier molecular flexibility index (Phi) is 5.84. The Morgan fingerprint density at radius 2 is 1.93 bits per heavy atom. The first-order chi connectivity index (χ1) is 6.65. The first-order valence-electron chi connectivity index (χ1n) is 4.84. The zero-order valence-corrected chi connectivity index (χ0v) is 9.47. The molecule has 0 radical (unpaired) electrons. The van der Waals surface area contributed by atoms with Gasteiger partial charge in [-0.05, 0) is 12.0 Å². The van der Waals surface area contributed by atoms with Crippen molar-refractivity contribution in [1.82, 2.24) is 4.98 Å². The summed E-state index contributed by atoms with van der Waals surface area (Å²) in [6, 6.07) is 1.45. The minimum absolute atomic E-state index is 0.225. The smallest absolute Gasteiger partial charge is 0.216 e. The van der Waals surface area contributed by atoms with Crippen molar-refractivity contribution in [3.8, 4) is 5.88 Å². The Hall–Kier alpha value is -1.12. The molecule has 0 aromatic carbocycles. The highest BCUT2D eigenvalue weighted by Gasteiger charge is 2.09. The summed E-state index contributed by atoms with van der Waals surface area (Å²) in [5.41, 5.74) is 0.803. The standard InChI is InChI=1S/C9H12FNO.C2H6/c1-6(2)8-4-7(10)5-11-9(8)12-3;1-2/h4-6H,1-3H3;1-2H3. The fraction of sp³-hybridized carbons (Fsp3) is 0.545. The summed E-state index contributed by atoms with van der Waals surface area (Å²) in [6.45, 7) is 7.94. The van der Waals surface area contributed by atoms with Crippen LogP contribution >= 0.6 is 0 Å². The molecule has 0 atom stereocenters. The van der Waals surface area contributed by atoms with Crippen molar-refractivity contribution in [3.05, 3.63) is 23.6 Å². The molecule has 1 aromatic rings. The van der Waals surface area contributed by atoms with Gasteiger partial charge in [0, 0.05) is 5.56 Å². The van der Waals surface area contributed by atoms with Gasteiger partial charge in [-0.2, -0.15) is 0 Å². The largest absolute Gasteiger partial charge is 0.481 e. The van der Waals surface area contributed by atoms with Gasteiger partial charge in [0.05, 0.1) is 13.3 Å². The van der Waals surface area contributed by atoms with Crippen LogP contribution in [0.2, 0.25) is 0 Å². The SMILES string of the molecule is CC.COc1ncc(F)cc1C(C)C. The lowest BCUT2D eigenvalue weighted by Gasteiger charge is -2.09. The molecular weight excluding hydrogens is 181 g/mol. The van der Waals surface area contributed by atoms with Crippen LogP contribution in [-0.4, -0.2) is 12.1 Å². The van der Waals surface area contributed by atoms with E-state index >= 15 is 0 Å². The number of ether oxygens (including phenoxy) is 1. The Balaban J connectivity index is 0.000000791. The minimum atomic E-state index is -0.320. The second-order valence-corrected chi connectivity index (χ2v) is 2.91. The lowest BCUT2D eigenvalue weighted by atomic mass is 10.1. The molecule has 0 bridgehead atoms. The third kappa shape index (κ3) is 3.32.